The highest BCUT2D eigenvalue weighted by Crippen LogP contribution is 2.35. The maximum atomic E-state index is 12.7. The van der Waals surface area contributed by atoms with Crippen molar-refractivity contribution in [2.24, 2.45) is 0 Å². The number of carbonyl (C=O) groups excluding carboxylic acids is 3. The standard InChI is InChI=1S/C23H22N2O10S2/c1-13(2)34-21(26)12-24-22(27)20(36-23(24)28)10-15-6-8-18(19(9-15)33-4)35-37(31,32)16-7-5-14(3)17(11-16)25(29)30/h5-11,13H,12H2,1-4H3/b20-10-. The van der Waals surface area contributed by atoms with E-state index >= 15 is 0 Å². The predicted octanol–water partition coefficient (Wildman–Crippen LogP) is 3.67. The third-order valence-electron chi connectivity index (χ3n) is 4.88. The molecule has 0 aromatic heterocycles. The first-order valence-corrected chi connectivity index (χ1v) is 12.9. The minimum absolute atomic E-state index is 0.0151. The second-order valence-electron chi connectivity index (χ2n) is 7.96. The zero-order chi connectivity index (χ0) is 27.5. The van der Waals surface area contributed by atoms with Crippen LogP contribution in [0.1, 0.15) is 25.0 Å². The number of carbonyl (C=O) groups is 3. The lowest BCUT2D eigenvalue weighted by Crippen LogP contribution is -2.35. The number of nitro groups is 1. The van der Waals surface area contributed by atoms with E-state index in [-0.39, 0.29) is 27.7 Å². The molecule has 0 unspecified atom stereocenters. The van der Waals surface area contributed by atoms with Crippen molar-refractivity contribution in [3.8, 4) is 11.5 Å². The van der Waals surface area contributed by atoms with Crippen molar-refractivity contribution in [2.75, 3.05) is 13.7 Å². The lowest BCUT2D eigenvalue weighted by molar-refractivity contribution is -0.385. The summed E-state index contributed by atoms with van der Waals surface area (Å²) in [4.78, 5) is 47.6. The molecule has 0 saturated carbocycles. The van der Waals surface area contributed by atoms with E-state index in [1.165, 1.54) is 50.4 Å². The number of ether oxygens (including phenoxy) is 2. The number of aryl methyl sites for hydroxylation is 1. The predicted molar refractivity (Wildman–Crippen MR) is 133 cm³/mol. The van der Waals surface area contributed by atoms with Crippen LogP contribution in [0.25, 0.3) is 6.08 Å². The molecule has 37 heavy (non-hydrogen) atoms. The van der Waals surface area contributed by atoms with Gasteiger partial charge in [-0.1, -0.05) is 12.1 Å². The highest BCUT2D eigenvalue weighted by atomic mass is 32.2. The fourth-order valence-corrected chi connectivity index (χ4v) is 4.97. The lowest BCUT2D eigenvalue weighted by atomic mass is 10.2. The lowest BCUT2D eigenvalue weighted by Gasteiger charge is -2.13. The zero-order valence-electron chi connectivity index (χ0n) is 20.1. The molecule has 2 amide bonds. The number of thioether (sulfide) groups is 1. The molecule has 0 atom stereocenters. The van der Waals surface area contributed by atoms with Crippen molar-refractivity contribution >= 4 is 50.8 Å². The quantitative estimate of drug-likeness (QED) is 0.147. The van der Waals surface area contributed by atoms with Gasteiger partial charge in [0.1, 0.15) is 11.4 Å². The molecule has 3 rings (SSSR count). The van der Waals surface area contributed by atoms with Crippen LogP contribution in [0, 0.1) is 17.0 Å². The number of esters is 1. The number of hydrogen-bond acceptors (Lipinski definition) is 11. The van der Waals surface area contributed by atoms with E-state index in [9.17, 15) is 32.9 Å². The van der Waals surface area contributed by atoms with Gasteiger partial charge in [0, 0.05) is 11.6 Å². The molecular weight excluding hydrogens is 528 g/mol. The molecular formula is C23H22N2O10S2. The second-order valence-corrected chi connectivity index (χ2v) is 10.5. The van der Waals surface area contributed by atoms with Crippen LogP contribution in [0.3, 0.4) is 0 Å². The van der Waals surface area contributed by atoms with Gasteiger partial charge in [0.05, 0.1) is 23.0 Å². The van der Waals surface area contributed by atoms with Gasteiger partial charge >= 0.3 is 16.1 Å². The number of nitrogens with zero attached hydrogens (tertiary/aromatic N) is 2. The van der Waals surface area contributed by atoms with E-state index in [0.29, 0.717) is 17.3 Å². The second kappa shape index (κ2) is 11.0. The van der Waals surface area contributed by atoms with Crippen molar-refractivity contribution in [3.63, 3.8) is 0 Å². The molecule has 0 radical (unpaired) electrons. The molecule has 1 heterocycles. The van der Waals surface area contributed by atoms with E-state index in [1.807, 2.05) is 0 Å². The average molecular weight is 551 g/mol. The first-order valence-electron chi connectivity index (χ1n) is 10.6. The number of rotatable bonds is 9. The van der Waals surface area contributed by atoms with Gasteiger partial charge in [-0.25, -0.2) is 0 Å². The number of benzene rings is 2. The summed E-state index contributed by atoms with van der Waals surface area (Å²) in [5.74, 6) is -1.62. The van der Waals surface area contributed by atoms with Gasteiger partial charge < -0.3 is 13.7 Å². The van der Waals surface area contributed by atoms with E-state index < -0.39 is 49.7 Å². The Kier molecular flexibility index (Phi) is 8.23. The van der Waals surface area contributed by atoms with Gasteiger partial charge in [-0.2, -0.15) is 8.42 Å². The Bertz CT molecular complexity index is 1420. The van der Waals surface area contributed by atoms with Gasteiger partial charge in [0.25, 0.3) is 16.8 Å². The van der Waals surface area contributed by atoms with E-state index in [0.717, 1.165) is 11.0 Å². The normalized spacial score (nSPS) is 14.8. The van der Waals surface area contributed by atoms with Crippen LogP contribution in [0.4, 0.5) is 10.5 Å². The Morgan fingerprint density at radius 2 is 1.86 bits per heavy atom. The summed E-state index contributed by atoms with van der Waals surface area (Å²) in [5, 5.41) is 10.5. The molecule has 196 valence electrons. The molecule has 1 saturated heterocycles. The fourth-order valence-electron chi connectivity index (χ4n) is 3.17. The van der Waals surface area contributed by atoms with E-state index in [4.69, 9.17) is 13.7 Å². The van der Waals surface area contributed by atoms with E-state index in [2.05, 4.69) is 0 Å². The van der Waals surface area contributed by atoms with Crippen LogP contribution in [0.5, 0.6) is 11.5 Å². The molecule has 2 aromatic carbocycles. The first-order chi connectivity index (χ1) is 17.3. The summed E-state index contributed by atoms with van der Waals surface area (Å²) in [5.41, 5.74) is 0.286. The molecule has 0 bridgehead atoms. The maximum Gasteiger partial charge on any atom is 0.339 e. The summed E-state index contributed by atoms with van der Waals surface area (Å²) in [6.45, 7) is 4.24. The van der Waals surface area contributed by atoms with Gasteiger partial charge in [0.2, 0.25) is 0 Å². The topological polar surface area (TPSA) is 159 Å². The molecule has 12 nitrogen and oxygen atoms in total. The largest absolute Gasteiger partial charge is 0.493 e. The van der Waals surface area contributed by atoms with Crippen molar-refractivity contribution in [1.82, 2.24) is 4.90 Å². The third kappa shape index (κ3) is 6.46. The average Bonchev–Trinajstić information content (AvgIpc) is 3.06. The van der Waals surface area contributed by atoms with Gasteiger partial charge in [-0.3, -0.25) is 29.4 Å². The molecule has 1 aliphatic rings. The Morgan fingerprint density at radius 3 is 2.49 bits per heavy atom. The van der Waals surface area contributed by atoms with Crippen LogP contribution in [-0.2, 0) is 24.4 Å². The smallest absolute Gasteiger partial charge is 0.339 e. The molecule has 0 N–H and O–H groups in total. The fraction of sp³-hybridized carbons (Fsp3) is 0.261. The van der Waals surface area contributed by atoms with Crippen molar-refractivity contribution in [3.05, 3.63) is 62.5 Å². The van der Waals surface area contributed by atoms with Crippen molar-refractivity contribution < 1.29 is 41.4 Å². The minimum Gasteiger partial charge on any atom is -0.493 e. The first kappa shape index (κ1) is 27.7. The van der Waals surface area contributed by atoms with Crippen LogP contribution in [0.2, 0.25) is 0 Å². The third-order valence-corrected chi connectivity index (χ3v) is 7.02. The number of amides is 2. The van der Waals surface area contributed by atoms with Crippen LogP contribution < -0.4 is 8.92 Å². The highest BCUT2D eigenvalue weighted by molar-refractivity contribution is 8.18. The summed E-state index contributed by atoms with van der Waals surface area (Å²) >= 11 is 0.635. The minimum atomic E-state index is -4.45. The van der Waals surface area contributed by atoms with Crippen molar-refractivity contribution in [2.45, 2.75) is 31.8 Å². The van der Waals surface area contributed by atoms with Crippen LogP contribution in [-0.4, -0.2) is 55.1 Å². The number of hydrogen-bond donors (Lipinski definition) is 0. The SMILES string of the molecule is COc1cc(/C=C2\SC(=O)N(CC(=O)OC(C)C)C2=O)ccc1OS(=O)(=O)c1ccc(C)c([N+](=O)[O-])c1. The number of imide groups is 1. The molecule has 14 heteroatoms. The highest BCUT2D eigenvalue weighted by Gasteiger charge is 2.37. The van der Waals surface area contributed by atoms with Gasteiger partial charge in [0.15, 0.2) is 11.5 Å². The number of methoxy groups -OCH3 is 1. The van der Waals surface area contributed by atoms with Crippen LogP contribution >= 0.6 is 11.8 Å². The summed E-state index contributed by atoms with van der Waals surface area (Å²) < 4.78 is 40.8. The van der Waals surface area contributed by atoms with E-state index in [1.54, 1.807) is 13.8 Å². The zero-order valence-corrected chi connectivity index (χ0v) is 21.8. The van der Waals surface area contributed by atoms with Crippen LogP contribution in [0.15, 0.2) is 46.2 Å². The Hall–Kier alpha value is -3.91. The van der Waals surface area contributed by atoms with Gasteiger partial charge in [-0.15, -0.1) is 0 Å². The van der Waals surface area contributed by atoms with Gasteiger partial charge in [-0.05, 0) is 62.4 Å². The van der Waals surface area contributed by atoms with Crippen molar-refractivity contribution in [1.29, 1.82) is 0 Å². The molecule has 0 spiro atoms. The Balaban J connectivity index is 1.83. The summed E-state index contributed by atoms with van der Waals surface area (Å²) in [6.07, 6.45) is 0.976. The Labute approximate surface area is 216 Å². The monoisotopic (exact) mass is 550 g/mol. The molecule has 1 fully saturated rings. The molecule has 0 aliphatic carbocycles. The Morgan fingerprint density at radius 1 is 1.16 bits per heavy atom. The molecule has 2 aromatic rings. The maximum absolute atomic E-state index is 12.7. The summed E-state index contributed by atoms with van der Waals surface area (Å²) in [6, 6.07) is 7.46. The number of nitro benzene ring substituents is 1. The molecule has 1 aliphatic heterocycles. The summed E-state index contributed by atoms with van der Waals surface area (Å²) in [7, 11) is -3.18.